The maximum absolute atomic E-state index is 10.9. The molecule has 1 heterocycles. The van der Waals surface area contributed by atoms with Crippen LogP contribution < -0.4 is 24.0 Å². The Labute approximate surface area is 98.0 Å². The molecule has 1 aliphatic heterocycles. The molecule has 76 valence electrons. The number of likely N-dealkylation sites (tertiary alicyclic amines) is 1. The number of carbonyl (C=O) groups is 1. The minimum atomic E-state index is -1.04. The van der Waals surface area contributed by atoms with Gasteiger partial charge in [0.1, 0.15) is 6.09 Å². The molecule has 3 nitrogen and oxygen atoms in total. The van der Waals surface area contributed by atoms with Crippen LogP contribution in [0.2, 0.25) is 0 Å². The van der Waals surface area contributed by atoms with Gasteiger partial charge in [0.25, 0.3) is 0 Å². The van der Waals surface area contributed by atoms with Crippen LogP contribution in [-0.2, 0) is 0 Å². The largest absolute Gasteiger partial charge is 1.00 e. The smallest absolute Gasteiger partial charge is 0.530 e. The Balaban J connectivity index is 0.00000169. The molecule has 1 amide bonds. The second kappa shape index (κ2) is 4.16. The Kier molecular flexibility index (Phi) is 4.12. The Bertz CT molecular complexity index is 226. The number of hydrogen-bond donors (Lipinski definition) is 0. The van der Waals surface area contributed by atoms with E-state index in [0.29, 0.717) is 6.54 Å². The summed E-state index contributed by atoms with van der Waals surface area (Å²) < 4.78 is 0. The second-order valence-electron chi connectivity index (χ2n) is 4.96. The summed E-state index contributed by atoms with van der Waals surface area (Å²) in [6, 6.07) is 0. The monoisotopic (exact) mass is 191 g/mol. The number of amides is 1. The van der Waals surface area contributed by atoms with E-state index in [2.05, 4.69) is 13.8 Å². The van der Waals surface area contributed by atoms with Crippen LogP contribution in [0.5, 0.6) is 0 Å². The van der Waals surface area contributed by atoms with Crippen molar-refractivity contribution in [2.45, 2.75) is 46.1 Å². The second-order valence-corrected chi connectivity index (χ2v) is 4.96. The van der Waals surface area contributed by atoms with Crippen molar-refractivity contribution in [3.05, 3.63) is 0 Å². The van der Waals surface area contributed by atoms with Crippen molar-refractivity contribution in [2.75, 3.05) is 6.54 Å². The van der Waals surface area contributed by atoms with Crippen LogP contribution in [0.4, 0.5) is 4.79 Å². The summed E-state index contributed by atoms with van der Waals surface area (Å²) in [5.74, 6) is 0. The Hall–Kier alpha value is -0.133. The molecule has 0 N–H and O–H groups in total. The third kappa shape index (κ3) is 2.09. The molecule has 0 aromatic rings. The molecule has 14 heavy (non-hydrogen) atoms. The predicted octanol–water partition coefficient (Wildman–Crippen LogP) is -1.77. The summed E-state index contributed by atoms with van der Waals surface area (Å²) in [6.07, 6.45) is 0.964. The molecule has 1 rings (SSSR count). The van der Waals surface area contributed by atoms with E-state index in [1.807, 2.05) is 13.8 Å². The Morgan fingerprint density at radius 2 is 1.79 bits per heavy atom. The number of carboxylic acid groups (broad SMARTS) is 1. The minimum absolute atomic E-state index is 0. The van der Waals surface area contributed by atoms with Crippen molar-refractivity contribution in [2.24, 2.45) is 5.41 Å². The molecule has 0 unspecified atom stereocenters. The van der Waals surface area contributed by atoms with Crippen molar-refractivity contribution in [3.63, 3.8) is 0 Å². The standard InChI is InChI=1S/C10H19NO2.Li/c1-9(2)6-5-7-11(8(12)13)10(9,3)4;/h5-7H2,1-4H3,(H,12,13);/q;+1/p-1. The summed E-state index contributed by atoms with van der Waals surface area (Å²) in [7, 11) is 0. The number of piperidine rings is 1. The summed E-state index contributed by atoms with van der Waals surface area (Å²) in [5.41, 5.74) is -0.282. The van der Waals surface area contributed by atoms with Crippen LogP contribution in [0.15, 0.2) is 0 Å². The molecule has 0 saturated carbocycles. The number of hydrogen-bond acceptors (Lipinski definition) is 2. The van der Waals surface area contributed by atoms with Crippen molar-refractivity contribution >= 4 is 6.09 Å². The van der Waals surface area contributed by atoms with Crippen LogP contribution in [0, 0.1) is 5.41 Å². The Morgan fingerprint density at radius 3 is 2.14 bits per heavy atom. The summed E-state index contributed by atoms with van der Waals surface area (Å²) in [4.78, 5) is 12.3. The minimum Gasteiger partial charge on any atom is -0.530 e. The molecule has 0 aliphatic carbocycles. The van der Waals surface area contributed by atoms with Gasteiger partial charge in [-0.3, -0.25) is 0 Å². The maximum atomic E-state index is 10.9. The van der Waals surface area contributed by atoms with Gasteiger partial charge >= 0.3 is 18.9 Å². The normalized spacial score (nSPS) is 23.9. The molecule has 0 aromatic carbocycles. The first-order valence-electron chi connectivity index (χ1n) is 4.78. The molecule has 0 aromatic heterocycles. The molecule has 0 bridgehead atoms. The van der Waals surface area contributed by atoms with Crippen LogP contribution in [0.3, 0.4) is 0 Å². The van der Waals surface area contributed by atoms with E-state index >= 15 is 0 Å². The average molecular weight is 191 g/mol. The summed E-state index contributed by atoms with van der Waals surface area (Å²) >= 11 is 0. The molecule has 1 fully saturated rings. The van der Waals surface area contributed by atoms with E-state index in [-0.39, 0.29) is 29.8 Å². The van der Waals surface area contributed by atoms with Crippen LogP contribution in [0.1, 0.15) is 40.5 Å². The molecule has 0 atom stereocenters. The third-order valence-electron chi connectivity index (χ3n) is 3.73. The fourth-order valence-corrected chi connectivity index (χ4v) is 1.95. The zero-order valence-electron chi connectivity index (χ0n) is 9.89. The van der Waals surface area contributed by atoms with Crippen molar-refractivity contribution < 1.29 is 28.8 Å². The van der Waals surface area contributed by atoms with Gasteiger partial charge in [-0.25, -0.2) is 0 Å². The molecular formula is C10H18LiNO2. The predicted molar refractivity (Wildman–Crippen MR) is 49.2 cm³/mol. The van der Waals surface area contributed by atoms with Crippen molar-refractivity contribution in [1.29, 1.82) is 0 Å². The number of nitrogens with zero attached hydrogens (tertiary/aromatic N) is 1. The molecule has 0 spiro atoms. The first kappa shape index (κ1) is 13.9. The van der Waals surface area contributed by atoms with Gasteiger partial charge in [0.15, 0.2) is 0 Å². The van der Waals surface area contributed by atoms with Gasteiger partial charge in [0.05, 0.1) is 0 Å². The molecular weight excluding hydrogens is 173 g/mol. The van der Waals surface area contributed by atoms with Crippen LogP contribution in [0.25, 0.3) is 0 Å². The van der Waals surface area contributed by atoms with Crippen LogP contribution in [-0.4, -0.2) is 23.1 Å². The molecule has 1 saturated heterocycles. The van der Waals surface area contributed by atoms with Gasteiger partial charge in [-0.15, -0.1) is 0 Å². The molecule has 0 radical (unpaired) electrons. The molecule has 4 heteroatoms. The zero-order chi connectivity index (χ0) is 10.3. The quantitative estimate of drug-likeness (QED) is 0.425. The van der Waals surface area contributed by atoms with Gasteiger partial charge < -0.3 is 14.8 Å². The van der Waals surface area contributed by atoms with Gasteiger partial charge in [0.2, 0.25) is 0 Å². The van der Waals surface area contributed by atoms with E-state index in [4.69, 9.17) is 0 Å². The fourth-order valence-electron chi connectivity index (χ4n) is 1.95. The zero-order valence-corrected chi connectivity index (χ0v) is 9.89. The van der Waals surface area contributed by atoms with Gasteiger partial charge in [0, 0.05) is 12.1 Å². The van der Waals surface area contributed by atoms with Crippen LogP contribution >= 0.6 is 0 Å². The Morgan fingerprint density at radius 1 is 1.29 bits per heavy atom. The topological polar surface area (TPSA) is 43.4 Å². The average Bonchev–Trinajstić information content (AvgIpc) is 1.94. The van der Waals surface area contributed by atoms with E-state index in [1.54, 1.807) is 0 Å². The van der Waals surface area contributed by atoms with Gasteiger partial charge in [-0.05, 0) is 32.1 Å². The van der Waals surface area contributed by atoms with E-state index in [0.717, 1.165) is 12.8 Å². The van der Waals surface area contributed by atoms with Gasteiger partial charge in [-0.2, -0.15) is 0 Å². The fraction of sp³-hybridized carbons (Fsp3) is 0.900. The first-order valence-corrected chi connectivity index (χ1v) is 4.78. The summed E-state index contributed by atoms with van der Waals surface area (Å²) in [5, 5.41) is 10.9. The number of rotatable bonds is 0. The number of carbonyl (C=O) groups excluding carboxylic acids is 1. The third-order valence-corrected chi connectivity index (χ3v) is 3.73. The van der Waals surface area contributed by atoms with E-state index < -0.39 is 6.09 Å². The van der Waals surface area contributed by atoms with Crippen molar-refractivity contribution in [1.82, 2.24) is 4.90 Å². The SMILES string of the molecule is CC1(C)CCCN(C(=O)[O-])C1(C)C.[Li+]. The first-order chi connectivity index (χ1) is 5.79. The van der Waals surface area contributed by atoms with Crippen molar-refractivity contribution in [3.8, 4) is 0 Å². The van der Waals surface area contributed by atoms with E-state index in [9.17, 15) is 9.90 Å². The van der Waals surface area contributed by atoms with E-state index in [1.165, 1.54) is 4.90 Å². The summed E-state index contributed by atoms with van der Waals surface area (Å²) in [6.45, 7) is 8.78. The molecule has 1 aliphatic rings. The van der Waals surface area contributed by atoms with Gasteiger partial charge in [-0.1, -0.05) is 13.8 Å². The maximum Gasteiger partial charge on any atom is 1.00 e.